The van der Waals surface area contributed by atoms with E-state index in [4.69, 9.17) is 9.47 Å². The molecule has 0 bridgehead atoms. The molecule has 1 heterocycles. The maximum Gasteiger partial charge on any atom is 0.390 e. The molecule has 0 spiro atoms. The minimum atomic E-state index is -4.65. The molecule has 2 aromatic rings. The van der Waals surface area contributed by atoms with E-state index in [1.165, 1.54) is 0 Å². The summed E-state index contributed by atoms with van der Waals surface area (Å²) in [7, 11) is -1.66. The van der Waals surface area contributed by atoms with Crippen LogP contribution in [0.2, 0.25) is 0 Å². The summed E-state index contributed by atoms with van der Waals surface area (Å²) in [5.41, 5.74) is 2.98. The van der Waals surface area contributed by atoms with Gasteiger partial charge in [0.05, 0.1) is 43.6 Å². The van der Waals surface area contributed by atoms with Crippen molar-refractivity contribution in [3.05, 3.63) is 65.2 Å². The number of rotatable bonds is 7. The Kier molecular flexibility index (Phi) is 11.7. The molecule has 13 heteroatoms. The van der Waals surface area contributed by atoms with Gasteiger partial charge in [-0.25, -0.2) is 8.42 Å². The summed E-state index contributed by atoms with van der Waals surface area (Å²) in [4.78, 5) is 13.7. The van der Waals surface area contributed by atoms with Gasteiger partial charge in [-0.05, 0) is 48.1 Å². The molecule has 5 atom stereocenters. The summed E-state index contributed by atoms with van der Waals surface area (Å²) >= 11 is 0. The van der Waals surface area contributed by atoms with E-state index in [-0.39, 0.29) is 31.5 Å². The van der Waals surface area contributed by atoms with Gasteiger partial charge in [-0.3, -0.25) is 4.79 Å². The van der Waals surface area contributed by atoms with Crippen molar-refractivity contribution in [2.75, 3.05) is 33.1 Å². The Labute approximate surface area is 257 Å². The lowest BCUT2D eigenvalue weighted by atomic mass is 9.99. The van der Waals surface area contributed by atoms with Crippen LogP contribution in [0.25, 0.3) is 0 Å². The molecule has 4 rings (SSSR count). The SMILES string of the molecule is COc1ccc2c(c1)[C@H]1NC[C@@H](O)[C@H](Cc3ccccc3)NC(=O)[C@@H](N(C)S(=O)(=O)CCC(F)(F)F)CCCCCO[C@H]1C2. The van der Waals surface area contributed by atoms with Gasteiger partial charge < -0.3 is 25.2 Å². The van der Waals surface area contributed by atoms with E-state index in [0.29, 0.717) is 38.0 Å². The number of hydrogen-bond donors (Lipinski definition) is 3. The highest BCUT2D eigenvalue weighted by atomic mass is 32.2. The number of methoxy groups -OCH3 is 1. The van der Waals surface area contributed by atoms with E-state index in [2.05, 4.69) is 10.6 Å². The summed E-state index contributed by atoms with van der Waals surface area (Å²) < 4.78 is 76.9. The van der Waals surface area contributed by atoms with Gasteiger partial charge in [-0.15, -0.1) is 0 Å². The van der Waals surface area contributed by atoms with Crippen molar-refractivity contribution in [2.24, 2.45) is 0 Å². The number of β-amino-alcohol motifs (C(OH)–C–C–N with tert-alkyl or cyclic N) is 1. The topological polar surface area (TPSA) is 117 Å². The maximum atomic E-state index is 13.7. The summed E-state index contributed by atoms with van der Waals surface area (Å²) in [6.45, 7) is 0.521. The second kappa shape index (κ2) is 15.0. The Hall–Kier alpha value is -2.71. The van der Waals surface area contributed by atoms with Crippen LogP contribution in [0.4, 0.5) is 13.2 Å². The third kappa shape index (κ3) is 9.16. The second-order valence-corrected chi connectivity index (χ2v) is 13.6. The Morgan fingerprint density at radius 2 is 1.86 bits per heavy atom. The Morgan fingerprint density at radius 1 is 1.11 bits per heavy atom. The first-order chi connectivity index (χ1) is 20.9. The van der Waals surface area contributed by atoms with E-state index >= 15 is 0 Å². The summed E-state index contributed by atoms with van der Waals surface area (Å²) in [6, 6.07) is 12.8. The number of sulfonamides is 1. The molecule has 1 saturated heterocycles. The van der Waals surface area contributed by atoms with E-state index in [9.17, 15) is 31.5 Å². The van der Waals surface area contributed by atoms with Gasteiger partial charge in [-0.1, -0.05) is 49.2 Å². The van der Waals surface area contributed by atoms with Gasteiger partial charge in [0.1, 0.15) is 11.8 Å². The van der Waals surface area contributed by atoms with E-state index in [1.807, 2.05) is 48.5 Å². The smallest absolute Gasteiger partial charge is 0.390 e. The predicted octanol–water partition coefficient (Wildman–Crippen LogP) is 3.51. The quantitative estimate of drug-likeness (QED) is 0.424. The molecule has 244 valence electrons. The highest BCUT2D eigenvalue weighted by Crippen LogP contribution is 2.36. The van der Waals surface area contributed by atoms with Crippen molar-refractivity contribution in [3.63, 3.8) is 0 Å². The predicted molar refractivity (Wildman–Crippen MR) is 160 cm³/mol. The van der Waals surface area contributed by atoms with Gasteiger partial charge in [0.25, 0.3) is 0 Å². The molecule has 1 fully saturated rings. The minimum absolute atomic E-state index is 0.0867. The molecular weight excluding hydrogens is 599 g/mol. The van der Waals surface area contributed by atoms with E-state index in [1.54, 1.807) is 7.11 Å². The lowest BCUT2D eigenvalue weighted by Crippen LogP contribution is -2.55. The zero-order valence-electron chi connectivity index (χ0n) is 25.1. The molecule has 0 aromatic heterocycles. The first-order valence-corrected chi connectivity index (χ1v) is 16.6. The average Bonchev–Trinajstić information content (AvgIpc) is 3.33. The largest absolute Gasteiger partial charge is 0.497 e. The maximum absolute atomic E-state index is 13.7. The average molecular weight is 642 g/mol. The van der Waals surface area contributed by atoms with Crippen LogP contribution in [-0.4, -0.2) is 87.3 Å². The molecule has 0 unspecified atom stereocenters. The first-order valence-electron chi connectivity index (χ1n) is 14.9. The molecule has 44 heavy (non-hydrogen) atoms. The number of carbonyl (C=O) groups is 1. The normalized spacial score (nSPS) is 25.8. The molecule has 2 aliphatic rings. The summed E-state index contributed by atoms with van der Waals surface area (Å²) in [5.74, 6) is -1.11. The highest BCUT2D eigenvalue weighted by Gasteiger charge is 2.38. The Bertz CT molecular complexity index is 1340. The number of fused-ring (bicyclic) bond motifs is 3. The number of hydrogen-bond acceptors (Lipinski definition) is 7. The molecule has 0 radical (unpaired) electrons. The molecule has 2 aromatic carbocycles. The van der Waals surface area contributed by atoms with Crippen molar-refractivity contribution in [1.82, 2.24) is 14.9 Å². The standard InChI is InChI=1S/C31H42F3N3O6S/c1-37(44(40,41)16-14-31(32,33)34)26-11-7-4-8-15-43-28-18-22-12-13-23(42-2)19-24(22)29(28)35-20-27(38)25(36-30(26)39)17-21-9-5-3-6-10-21/h3,5-6,9-10,12-13,19,25-29,35,38H,4,7-8,11,14-18,20H2,1-2H3,(H,36,39)/t25-,26-,27+,28-,29+/m0/s1. The number of aliphatic hydroxyl groups is 1. The summed E-state index contributed by atoms with van der Waals surface area (Å²) in [6.07, 6.45) is -4.66. The van der Waals surface area contributed by atoms with Crippen LogP contribution in [0.1, 0.15) is 54.8 Å². The number of amides is 1. The number of halogens is 3. The fourth-order valence-corrected chi connectivity index (χ4v) is 7.21. The van der Waals surface area contributed by atoms with Crippen LogP contribution in [0, 0.1) is 0 Å². The van der Waals surface area contributed by atoms with Crippen LogP contribution in [0.15, 0.2) is 48.5 Å². The van der Waals surface area contributed by atoms with Gasteiger partial charge in [-0.2, -0.15) is 17.5 Å². The molecule has 0 saturated carbocycles. The number of nitrogens with zero attached hydrogens (tertiary/aromatic N) is 1. The minimum Gasteiger partial charge on any atom is -0.497 e. The van der Waals surface area contributed by atoms with Crippen LogP contribution in [0.5, 0.6) is 5.75 Å². The van der Waals surface area contributed by atoms with E-state index in [0.717, 1.165) is 28.0 Å². The van der Waals surface area contributed by atoms with Crippen molar-refractivity contribution >= 4 is 15.9 Å². The number of ether oxygens (including phenoxy) is 2. The number of alkyl halides is 3. The van der Waals surface area contributed by atoms with Crippen LogP contribution in [0.3, 0.4) is 0 Å². The third-order valence-corrected chi connectivity index (χ3v) is 10.2. The lowest BCUT2D eigenvalue weighted by molar-refractivity contribution is -0.130. The van der Waals surface area contributed by atoms with Crippen LogP contribution < -0.4 is 15.4 Å². The highest BCUT2D eigenvalue weighted by molar-refractivity contribution is 7.89. The molecule has 1 aliphatic carbocycles. The number of aliphatic hydroxyl groups excluding tert-OH is 1. The van der Waals surface area contributed by atoms with E-state index < -0.39 is 52.5 Å². The van der Waals surface area contributed by atoms with Gasteiger partial charge in [0, 0.05) is 26.6 Å². The van der Waals surface area contributed by atoms with Crippen molar-refractivity contribution < 1.29 is 41.0 Å². The Balaban J connectivity index is 1.59. The van der Waals surface area contributed by atoms with Crippen molar-refractivity contribution in [1.29, 1.82) is 0 Å². The van der Waals surface area contributed by atoms with Gasteiger partial charge >= 0.3 is 6.18 Å². The number of likely N-dealkylation sites (N-methyl/N-ethyl adjacent to an activating group) is 1. The molecule has 9 nitrogen and oxygen atoms in total. The van der Waals surface area contributed by atoms with Crippen molar-refractivity contribution in [3.8, 4) is 5.75 Å². The van der Waals surface area contributed by atoms with Crippen molar-refractivity contribution in [2.45, 2.75) is 81.5 Å². The monoisotopic (exact) mass is 641 g/mol. The Morgan fingerprint density at radius 3 is 2.57 bits per heavy atom. The zero-order valence-corrected chi connectivity index (χ0v) is 25.9. The second-order valence-electron chi connectivity index (χ2n) is 11.5. The first kappa shape index (κ1) is 34.2. The molecular formula is C31H42F3N3O6S. The molecule has 1 aliphatic heterocycles. The fourth-order valence-electron chi connectivity index (χ4n) is 5.84. The number of benzene rings is 2. The van der Waals surface area contributed by atoms with Crippen LogP contribution in [-0.2, 0) is 32.4 Å². The van der Waals surface area contributed by atoms with Crippen LogP contribution >= 0.6 is 0 Å². The zero-order chi connectivity index (χ0) is 31.9. The fraction of sp³-hybridized carbons (Fsp3) is 0.581. The number of carbonyl (C=O) groups excluding carboxylic acids is 1. The van der Waals surface area contributed by atoms with Gasteiger partial charge in [0.2, 0.25) is 15.9 Å². The van der Waals surface area contributed by atoms with Gasteiger partial charge in [0.15, 0.2) is 0 Å². The summed E-state index contributed by atoms with van der Waals surface area (Å²) in [5, 5.41) is 17.7. The molecule has 3 N–H and O–H groups in total. The third-order valence-electron chi connectivity index (χ3n) is 8.40. The number of nitrogens with one attached hydrogen (secondary N) is 2. The lowest BCUT2D eigenvalue weighted by Gasteiger charge is -2.31. The molecule has 1 amide bonds.